The molecule has 2 aromatic rings. The van der Waals surface area contributed by atoms with E-state index in [0.29, 0.717) is 17.5 Å². The number of aromatic nitrogens is 1. The van der Waals surface area contributed by atoms with Crippen molar-refractivity contribution in [3.05, 3.63) is 41.3 Å². The highest BCUT2D eigenvalue weighted by molar-refractivity contribution is 7.99. The first-order valence-electron chi connectivity index (χ1n) is 7.05. The SMILES string of the molecule is COc1ccc(CCNC(=O)CSc2nc(C)c(C)o2)cc1. The molecule has 1 N–H and O–H groups in total. The van der Waals surface area contributed by atoms with Gasteiger partial charge in [0.2, 0.25) is 5.91 Å². The number of nitrogens with one attached hydrogen (secondary N) is 1. The van der Waals surface area contributed by atoms with E-state index in [1.807, 2.05) is 38.1 Å². The number of hydrogen-bond donors (Lipinski definition) is 1. The van der Waals surface area contributed by atoms with Gasteiger partial charge in [-0.25, -0.2) is 4.98 Å². The predicted octanol–water partition coefficient (Wildman–Crippen LogP) is 2.75. The van der Waals surface area contributed by atoms with E-state index in [-0.39, 0.29) is 5.91 Å². The summed E-state index contributed by atoms with van der Waals surface area (Å²) in [4.78, 5) is 16.0. The summed E-state index contributed by atoms with van der Waals surface area (Å²) in [5.74, 6) is 1.91. The lowest BCUT2D eigenvalue weighted by Crippen LogP contribution is -2.27. The van der Waals surface area contributed by atoms with E-state index >= 15 is 0 Å². The molecule has 0 spiro atoms. The van der Waals surface area contributed by atoms with Crippen LogP contribution in [-0.4, -0.2) is 30.3 Å². The first-order valence-corrected chi connectivity index (χ1v) is 8.03. The van der Waals surface area contributed by atoms with E-state index in [9.17, 15) is 4.79 Å². The zero-order valence-corrected chi connectivity index (χ0v) is 13.8. The number of carbonyl (C=O) groups is 1. The number of nitrogens with zero attached hydrogens (tertiary/aromatic N) is 1. The molecule has 22 heavy (non-hydrogen) atoms. The van der Waals surface area contributed by atoms with Gasteiger partial charge in [-0.1, -0.05) is 23.9 Å². The summed E-state index contributed by atoms with van der Waals surface area (Å²) < 4.78 is 10.5. The molecule has 0 saturated heterocycles. The fraction of sp³-hybridized carbons (Fsp3) is 0.375. The van der Waals surface area contributed by atoms with Crippen LogP contribution in [0.3, 0.4) is 0 Å². The molecule has 5 nitrogen and oxygen atoms in total. The molecule has 1 aromatic heterocycles. The van der Waals surface area contributed by atoms with E-state index in [0.717, 1.165) is 29.2 Å². The number of amides is 1. The van der Waals surface area contributed by atoms with Gasteiger partial charge in [-0.3, -0.25) is 4.79 Å². The van der Waals surface area contributed by atoms with Crippen LogP contribution in [0.2, 0.25) is 0 Å². The van der Waals surface area contributed by atoms with E-state index in [1.165, 1.54) is 11.8 Å². The van der Waals surface area contributed by atoms with E-state index in [4.69, 9.17) is 9.15 Å². The fourth-order valence-corrected chi connectivity index (χ4v) is 2.56. The van der Waals surface area contributed by atoms with Crippen LogP contribution in [0.4, 0.5) is 0 Å². The molecule has 0 aliphatic rings. The maximum Gasteiger partial charge on any atom is 0.256 e. The van der Waals surface area contributed by atoms with Crippen molar-refractivity contribution in [3.8, 4) is 5.75 Å². The number of rotatable bonds is 7. The number of ether oxygens (including phenoxy) is 1. The third-order valence-electron chi connectivity index (χ3n) is 3.23. The molecule has 0 atom stereocenters. The minimum atomic E-state index is -0.0213. The topological polar surface area (TPSA) is 64.4 Å². The Labute approximate surface area is 134 Å². The molecular weight excluding hydrogens is 300 g/mol. The van der Waals surface area contributed by atoms with Crippen LogP contribution in [0.15, 0.2) is 33.9 Å². The Bertz CT molecular complexity index is 603. The van der Waals surface area contributed by atoms with Gasteiger partial charge in [0.25, 0.3) is 5.22 Å². The van der Waals surface area contributed by atoms with Crippen molar-refractivity contribution in [2.75, 3.05) is 19.4 Å². The smallest absolute Gasteiger partial charge is 0.256 e. The van der Waals surface area contributed by atoms with Crippen LogP contribution in [0.25, 0.3) is 0 Å². The second kappa shape index (κ2) is 7.89. The molecule has 1 aromatic carbocycles. The van der Waals surface area contributed by atoms with Crippen LogP contribution in [0.1, 0.15) is 17.0 Å². The minimum Gasteiger partial charge on any atom is -0.497 e. The van der Waals surface area contributed by atoms with Crippen molar-refractivity contribution in [3.63, 3.8) is 0 Å². The van der Waals surface area contributed by atoms with Crippen molar-refractivity contribution < 1.29 is 13.9 Å². The summed E-state index contributed by atoms with van der Waals surface area (Å²) in [5, 5.41) is 3.43. The molecule has 118 valence electrons. The zero-order chi connectivity index (χ0) is 15.9. The fourth-order valence-electron chi connectivity index (χ4n) is 1.82. The van der Waals surface area contributed by atoms with E-state index in [1.54, 1.807) is 7.11 Å². The van der Waals surface area contributed by atoms with Gasteiger partial charge in [0.15, 0.2) is 0 Å². The molecule has 1 amide bonds. The molecular formula is C16H20N2O3S. The van der Waals surface area contributed by atoms with E-state index < -0.39 is 0 Å². The van der Waals surface area contributed by atoms with Gasteiger partial charge in [-0.05, 0) is 38.0 Å². The third-order valence-corrected chi connectivity index (χ3v) is 4.06. The van der Waals surface area contributed by atoms with Crippen molar-refractivity contribution in [2.45, 2.75) is 25.5 Å². The van der Waals surface area contributed by atoms with Crippen LogP contribution in [0.5, 0.6) is 5.75 Å². The summed E-state index contributed by atoms with van der Waals surface area (Å²) in [6.45, 7) is 4.36. The van der Waals surface area contributed by atoms with Crippen molar-refractivity contribution >= 4 is 17.7 Å². The lowest BCUT2D eigenvalue weighted by Gasteiger charge is -2.05. The van der Waals surface area contributed by atoms with Gasteiger partial charge >= 0.3 is 0 Å². The summed E-state index contributed by atoms with van der Waals surface area (Å²) >= 11 is 1.31. The summed E-state index contributed by atoms with van der Waals surface area (Å²) in [5.41, 5.74) is 2.02. The van der Waals surface area contributed by atoms with Gasteiger partial charge in [0, 0.05) is 6.54 Å². The quantitative estimate of drug-likeness (QED) is 0.795. The van der Waals surface area contributed by atoms with Crippen molar-refractivity contribution in [1.82, 2.24) is 10.3 Å². The molecule has 2 rings (SSSR count). The molecule has 0 unspecified atom stereocenters. The van der Waals surface area contributed by atoms with Gasteiger partial charge in [0.05, 0.1) is 18.6 Å². The summed E-state index contributed by atoms with van der Waals surface area (Å²) in [7, 11) is 1.64. The Morgan fingerprint density at radius 3 is 2.64 bits per heavy atom. The number of carbonyl (C=O) groups excluding carboxylic acids is 1. The van der Waals surface area contributed by atoms with Crippen LogP contribution in [-0.2, 0) is 11.2 Å². The van der Waals surface area contributed by atoms with Crippen molar-refractivity contribution in [1.29, 1.82) is 0 Å². The predicted molar refractivity (Wildman–Crippen MR) is 86.4 cm³/mol. The normalized spacial score (nSPS) is 10.5. The second-order valence-electron chi connectivity index (χ2n) is 4.86. The molecule has 0 fully saturated rings. The van der Waals surface area contributed by atoms with Gasteiger partial charge < -0.3 is 14.5 Å². The maximum absolute atomic E-state index is 11.8. The molecule has 0 aliphatic carbocycles. The maximum atomic E-state index is 11.8. The van der Waals surface area contributed by atoms with Crippen LogP contribution >= 0.6 is 11.8 Å². The van der Waals surface area contributed by atoms with Crippen LogP contribution < -0.4 is 10.1 Å². The number of benzene rings is 1. The zero-order valence-electron chi connectivity index (χ0n) is 13.0. The Morgan fingerprint density at radius 2 is 2.05 bits per heavy atom. The summed E-state index contributed by atoms with van der Waals surface area (Å²) in [6, 6.07) is 7.83. The number of aryl methyl sites for hydroxylation is 2. The van der Waals surface area contributed by atoms with Gasteiger partial charge in [0.1, 0.15) is 11.5 Å². The lowest BCUT2D eigenvalue weighted by molar-refractivity contribution is -0.118. The Morgan fingerprint density at radius 1 is 1.32 bits per heavy atom. The average Bonchev–Trinajstić information content (AvgIpc) is 2.84. The highest BCUT2D eigenvalue weighted by atomic mass is 32.2. The number of hydrogen-bond acceptors (Lipinski definition) is 5. The number of methoxy groups -OCH3 is 1. The monoisotopic (exact) mass is 320 g/mol. The van der Waals surface area contributed by atoms with Crippen molar-refractivity contribution in [2.24, 2.45) is 0 Å². The Kier molecular flexibility index (Phi) is 5.89. The first kappa shape index (κ1) is 16.4. The molecule has 0 aliphatic heterocycles. The van der Waals surface area contributed by atoms with Gasteiger partial charge in [-0.15, -0.1) is 0 Å². The Balaban J connectivity index is 1.68. The third kappa shape index (κ3) is 4.80. The first-order chi connectivity index (χ1) is 10.6. The minimum absolute atomic E-state index is 0.0213. The molecule has 0 radical (unpaired) electrons. The standard InChI is InChI=1S/C16H20N2O3S/c1-11-12(2)21-16(18-11)22-10-15(19)17-9-8-13-4-6-14(20-3)7-5-13/h4-7H,8-10H2,1-3H3,(H,17,19). The largest absolute Gasteiger partial charge is 0.497 e. The summed E-state index contributed by atoms with van der Waals surface area (Å²) in [6.07, 6.45) is 0.789. The van der Waals surface area contributed by atoms with Crippen LogP contribution in [0, 0.1) is 13.8 Å². The highest BCUT2D eigenvalue weighted by Gasteiger charge is 2.09. The molecule has 1 heterocycles. The molecule has 6 heteroatoms. The molecule has 0 bridgehead atoms. The molecule has 0 saturated carbocycles. The lowest BCUT2D eigenvalue weighted by atomic mass is 10.1. The van der Waals surface area contributed by atoms with Gasteiger partial charge in [-0.2, -0.15) is 0 Å². The number of oxazole rings is 1. The number of thioether (sulfide) groups is 1. The highest BCUT2D eigenvalue weighted by Crippen LogP contribution is 2.19. The average molecular weight is 320 g/mol. The van der Waals surface area contributed by atoms with E-state index in [2.05, 4.69) is 10.3 Å². The second-order valence-corrected chi connectivity index (χ2v) is 5.78. The Hall–Kier alpha value is -1.95.